The summed E-state index contributed by atoms with van der Waals surface area (Å²) >= 11 is 3.23. The molecule has 27 heavy (non-hydrogen) atoms. The number of nitro benzene ring substituents is 1. The molecule has 1 aromatic heterocycles. The van der Waals surface area contributed by atoms with Crippen LogP contribution >= 0.6 is 15.9 Å². The fourth-order valence-corrected chi connectivity index (χ4v) is 3.82. The maximum atomic E-state index is 11.9. The van der Waals surface area contributed by atoms with Crippen molar-refractivity contribution in [2.75, 3.05) is 0 Å². The average molecular weight is 439 g/mol. The number of carbonyl (C=O) groups excluding carboxylic acids is 1. The number of nitro groups is 1. The summed E-state index contributed by atoms with van der Waals surface area (Å²) in [5.74, 6) is 0. The second-order valence-corrected chi connectivity index (χ2v) is 8.73. The van der Waals surface area contributed by atoms with Gasteiger partial charge < -0.3 is 10.1 Å². The molecular formula is C18H23BrN4O4. The molecule has 0 unspecified atom stereocenters. The van der Waals surface area contributed by atoms with Crippen molar-refractivity contribution in [2.24, 2.45) is 0 Å². The highest BCUT2D eigenvalue weighted by Gasteiger charge is 2.26. The first-order valence-electron chi connectivity index (χ1n) is 8.95. The summed E-state index contributed by atoms with van der Waals surface area (Å²) in [6.07, 6.45) is 4.90. The summed E-state index contributed by atoms with van der Waals surface area (Å²) in [4.78, 5) is 22.6. The number of fused-ring (bicyclic) bond motifs is 1. The summed E-state index contributed by atoms with van der Waals surface area (Å²) in [6, 6.07) is 3.53. The fourth-order valence-electron chi connectivity index (χ4n) is 3.34. The highest BCUT2D eigenvalue weighted by atomic mass is 79.9. The highest BCUT2D eigenvalue weighted by Crippen LogP contribution is 2.33. The first kappa shape index (κ1) is 19.6. The summed E-state index contributed by atoms with van der Waals surface area (Å²) in [7, 11) is 0. The topological polar surface area (TPSA) is 99.3 Å². The predicted molar refractivity (Wildman–Crippen MR) is 105 cm³/mol. The number of halogens is 1. The first-order chi connectivity index (χ1) is 12.6. The van der Waals surface area contributed by atoms with Gasteiger partial charge in [-0.1, -0.05) is 0 Å². The van der Waals surface area contributed by atoms with E-state index >= 15 is 0 Å². The minimum absolute atomic E-state index is 0.0346. The number of nitrogens with one attached hydrogen (secondary N) is 1. The second-order valence-electron chi connectivity index (χ2n) is 7.88. The Morgan fingerprint density at radius 2 is 2.00 bits per heavy atom. The zero-order valence-electron chi connectivity index (χ0n) is 15.6. The number of aromatic nitrogens is 2. The van der Waals surface area contributed by atoms with Crippen molar-refractivity contribution in [1.82, 2.24) is 15.1 Å². The fraction of sp³-hybridized carbons (Fsp3) is 0.556. The maximum absolute atomic E-state index is 11.9. The SMILES string of the molecule is CC(C)(C)OC(=O)NC1CCC(n2cc3cc([N+](=O)[O-])c(Br)cc3n2)CC1. The molecule has 1 aliphatic rings. The zero-order valence-corrected chi connectivity index (χ0v) is 17.2. The molecule has 8 nitrogen and oxygen atoms in total. The molecule has 1 fully saturated rings. The van der Waals surface area contributed by atoms with E-state index in [9.17, 15) is 14.9 Å². The van der Waals surface area contributed by atoms with E-state index in [-0.39, 0.29) is 23.9 Å². The van der Waals surface area contributed by atoms with Crippen molar-refractivity contribution in [2.45, 2.75) is 64.1 Å². The molecule has 0 saturated heterocycles. The molecule has 9 heteroatoms. The number of ether oxygens (including phenoxy) is 1. The van der Waals surface area contributed by atoms with E-state index in [4.69, 9.17) is 4.74 Å². The van der Waals surface area contributed by atoms with Gasteiger partial charge in [-0.25, -0.2) is 4.79 Å². The van der Waals surface area contributed by atoms with Crippen LogP contribution in [-0.4, -0.2) is 32.4 Å². The third kappa shape index (κ3) is 4.77. The largest absolute Gasteiger partial charge is 0.444 e. The normalized spacial score (nSPS) is 20.4. The Morgan fingerprint density at radius 3 is 2.59 bits per heavy atom. The molecule has 0 bridgehead atoms. The zero-order chi connectivity index (χ0) is 19.8. The lowest BCUT2D eigenvalue weighted by atomic mass is 9.91. The minimum Gasteiger partial charge on any atom is -0.444 e. The summed E-state index contributed by atoms with van der Waals surface area (Å²) in [5, 5.41) is 19.4. The Kier molecular flexibility index (Phi) is 5.41. The average Bonchev–Trinajstić information content (AvgIpc) is 2.95. The molecule has 3 rings (SSSR count). The molecule has 1 N–H and O–H groups in total. The van der Waals surface area contributed by atoms with Crippen LogP contribution in [0.15, 0.2) is 22.8 Å². The van der Waals surface area contributed by atoms with Crippen LogP contribution in [0.5, 0.6) is 0 Å². The second kappa shape index (κ2) is 7.46. The van der Waals surface area contributed by atoms with Gasteiger partial charge in [-0.2, -0.15) is 5.10 Å². The number of amides is 1. The number of rotatable bonds is 3. The maximum Gasteiger partial charge on any atom is 0.407 e. The van der Waals surface area contributed by atoms with Crippen molar-refractivity contribution in [3.05, 3.63) is 32.9 Å². The van der Waals surface area contributed by atoms with Crippen molar-refractivity contribution < 1.29 is 14.5 Å². The number of hydrogen-bond acceptors (Lipinski definition) is 5. The Bertz CT molecular complexity index is 866. The minimum atomic E-state index is -0.507. The Labute approximate surface area is 165 Å². The van der Waals surface area contributed by atoms with Crippen LogP contribution in [0.4, 0.5) is 10.5 Å². The van der Waals surface area contributed by atoms with Gasteiger partial charge in [0.1, 0.15) is 5.60 Å². The Morgan fingerprint density at radius 1 is 1.33 bits per heavy atom. The summed E-state index contributed by atoms with van der Waals surface area (Å²) in [6.45, 7) is 5.53. The molecule has 1 heterocycles. The van der Waals surface area contributed by atoms with E-state index in [2.05, 4.69) is 26.3 Å². The Hall–Kier alpha value is -2.16. The number of nitrogens with zero attached hydrogens (tertiary/aromatic N) is 3. The van der Waals surface area contributed by atoms with Gasteiger partial charge in [0.2, 0.25) is 0 Å². The van der Waals surface area contributed by atoms with Crippen LogP contribution < -0.4 is 5.32 Å². The summed E-state index contributed by atoms with van der Waals surface area (Å²) in [5.41, 5.74) is 0.252. The lowest BCUT2D eigenvalue weighted by Gasteiger charge is -2.30. The van der Waals surface area contributed by atoms with Gasteiger partial charge in [-0.05, 0) is 68.5 Å². The van der Waals surface area contributed by atoms with E-state index in [0.717, 1.165) is 36.6 Å². The number of alkyl carbamates (subject to hydrolysis) is 1. The lowest BCUT2D eigenvalue weighted by molar-refractivity contribution is -0.385. The van der Waals surface area contributed by atoms with Crippen LogP contribution in [0.1, 0.15) is 52.5 Å². The Balaban J connectivity index is 1.64. The molecule has 0 atom stereocenters. The van der Waals surface area contributed by atoms with E-state index < -0.39 is 10.5 Å². The standard InChI is InChI=1S/C18H23BrN4O4/c1-18(2,3)27-17(24)20-12-4-6-13(7-5-12)22-10-11-8-16(23(25)26)14(19)9-15(11)21-22/h8-10,12-13H,4-7H2,1-3H3,(H,20,24). The first-order valence-corrected chi connectivity index (χ1v) is 9.74. The van der Waals surface area contributed by atoms with E-state index in [1.807, 2.05) is 31.6 Å². The highest BCUT2D eigenvalue weighted by molar-refractivity contribution is 9.10. The van der Waals surface area contributed by atoms with Crippen molar-refractivity contribution in [1.29, 1.82) is 0 Å². The molecule has 1 saturated carbocycles. The molecule has 1 aromatic carbocycles. The number of carbonyl (C=O) groups is 1. The van der Waals surface area contributed by atoms with Crippen LogP contribution in [0.2, 0.25) is 0 Å². The van der Waals surface area contributed by atoms with Crippen molar-refractivity contribution >= 4 is 38.6 Å². The van der Waals surface area contributed by atoms with Gasteiger partial charge in [0.15, 0.2) is 0 Å². The van der Waals surface area contributed by atoms with Crippen LogP contribution in [0.3, 0.4) is 0 Å². The van der Waals surface area contributed by atoms with E-state index in [1.54, 1.807) is 12.1 Å². The monoisotopic (exact) mass is 438 g/mol. The van der Waals surface area contributed by atoms with Crippen molar-refractivity contribution in [3.8, 4) is 0 Å². The molecular weight excluding hydrogens is 416 g/mol. The predicted octanol–water partition coefficient (Wildman–Crippen LogP) is 4.72. The smallest absolute Gasteiger partial charge is 0.407 e. The molecule has 0 spiro atoms. The quantitative estimate of drug-likeness (QED) is 0.551. The van der Waals surface area contributed by atoms with Gasteiger partial charge in [0, 0.05) is 23.7 Å². The number of hydrogen-bond donors (Lipinski definition) is 1. The van der Waals surface area contributed by atoms with Gasteiger partial charge in [0.25, 0.3) is 5.69 Å². The van der Waals surface area contributed by atoms with Crippen LogP contribution in [-0.2, 0) is 4.74 Å². The molecule has 1 amide bonds. The molecule has 146 valence electrons. The third-order valence-corrected chi connectivity index (χ3v) is 5.21. The molecule has 2 aromatic rings. The van der Waals surface area contributed by atoms with Crippen LogP contribution in [0.25, 0.3) is 10.9 Å². The van der Waals surface area contributed by atoms with E-state index in [1.165, 1.54) is 0 Å². The van der Waals surface area contributed by atoms with E-state index in [0.29, 0.717) is 4.47 Å². The molecule has 0 radical (unpaired) electrons. The lowest BCUT2D eigenvalue weighted by Crippen LogP contribution is -2.41. The summed E-state index contributed by atoms with van der Waals surface area (Å²) < 4.78 is 7.63. The third-order valence-electron chi connectivity index (χ3n) is 4.58. The van der Waals surface area contributed by atoms with Gasteiger partial charge in [-0.3, -0.25) is 14.8 Å². The molecule has 1 aliphatic carbocycles. The van der Waals surface area contributed by atoms with Crippen molar-refractivity contribution in [3.63, 3.8) is 0 Å². The van der Waals surface area contributed by atoms with Gasteiger partial charge in [0.05, 0.1) is 21.0 Å². The van der Waals surface area contributed by atoms with Crippen LogP contribution in [0, 0.1) is 10.1 Å². The number of benzene rings is 1. The van der Waals surface area contributed by atoms with Gasteiger partial charge >= 0.3 is 6.09 Å². The molecule has 0 aliphatic heterocycles. The van der Waals surface area contributed by atoms with Gasteiger partial charge in [-0.15, -0.1) is 0 Å².